The average Bonchev–Trinajstić information content (AvgIpc) is 3.08. The number of aryl methyl sites for hydroxylation is 2. The fourth-order valence-corrected chi connectivity index (χ4v) is 3.29. The molecule has 1 aliphatic heterocycles. The molecule has 1 aromatic heterocycles. The molecule has 1 aliphatic rings. The Morgan fingerprint density at radius 1 is 1.41 bits per heavy atom. The Bertz CT molecular complexity index is 678. The van der Waals surface area contributed by atoms with Gasteiger partial charge >= 0.3 is 6.03 Å². The van der Waals surface area contributed by atoms with E-state index < -0.39 is 0 Å². The number of hydrogen-bond acceptors (Lipinski definition) is 2. The molecular formula is C16H19ClN4O. The number of amides is 2. The zero-order valence-corrected chi connectivity index (χ0v) is 13.4. The lowest BCUT2D eigenvalue weighted by molar-refractivity contribution is 0.207. The standard InChI is InChI=1S/C16H19ClN4O/c1-10-15(11(2)20-19-10)14-8-5-9-21(14)16(22)18-13-7-4-3-6-12(13)17/h3-4,6-7,14H,5,8-9H2,1-2H3,(H,18,22)(H,19,20)/t14-/m1/s1. The lowest BCUT2D eigenvalue weighted by Gasteiger charge is -2.25. The number of para-hydroxylation sites is 1. The van der Waals surface area contributed by atoms with Crippen LogP contribution < -0.4 is 5.32 Å². The van der Waals surface area contributed by atoms with Gasteiger partial charge in [-0.2, -0.15) is 5.10 Å². The highest BCUT2D eigenvalue weighted by Gasteiger charge is 2.33. The van der Waals surface area contributed by atoms with Gasteiger partial charge in [0, 0.05) is 17.8 Å². The SMILES string of the molecule is Cc1n[nH]c(C)c1[C@H]1CCCN1C(=O)Nc1ccccc1Cl. The van der Waals surface area contributed by atoms with Gasteiger partial charge in [0.1, 0.15) is 0 Å². The predicted molar refractivity (Wildman–Crippen MR) is 87.2 cm³/mol. The zero-order chi connectivity index (χ0) is 15.7. The van der Waals surface area contributed by atoms with E-state index in [-0.39, 0.29) is 12.1 Å². The molecule has 1 fully saturated rings. The molecule has 0 spiro atoms. The molecule has 1 saturated heterocycles. The summed E-state index contributed by atoms with van der Waals surface area (Å²) in [4.78, 5) is 14.5. The second kappa shape index (κ2) is 6.01. The lowest BCUT2D eigenvalue weighted by Crippen LogP contribution is -2.34. The summed E-state index contributed by atoms with van der Waals surface area (Å²) in [5.41, 5.74) is 3.76. The van der Waals surface area contributed by atoms with Crippen molar-refractivity contribution in [1.82, 2.24) is 15.1 Å². The number of nitrogens with one attached hydrogen (secondary N) is 2. The van der Waals surface area contributed by atoms with Crippen LogP contribution in [0.1, 0.15) is 35.8 Å². The van der Waals surface area contributed by atoms with E-state index in [2.05, 4.69) is 15.5 Å². The quantitative estimate of drug-likeness (QED) is 0.877. The number of aromatic nitrogens is 2. The summed E-state index contributed by atoms with van der Waals surface area (Å²) in [6, 6.07) is 7.22. The fourth-order valence-electron chi connectivity index (χ4n) is 3.11. The smallest absolute Gasteiger partial charge is 0.317 e. The molecule has 0 saturated carbocycles. The van der Waals surface area contributed by atoms with Crippen LogP contribution >= 0.6 is 11.6 Å². The summed E-state index contributed by atoms with van der Waals surface area (Å²) < 4.78 is 0. The van der Waals surface area contributed by atoms with E-state index in [0.29, 0.717) is 10.7 Å². The fraction of sp³-hybridized carbons (Fsp3) is 0.375. The Balaban J connectivity index is 1.81. The molecular weight excluding hydrogens is 300 g/mol. The highest BCUT2D eigenvalue weighted by molar-refractivity contribution is 6.33. The molecule has 2 N–H and O–H groups in total. The van der Waals surface area contributed by atoms with Crippen LogP contribution in [0.4, 0.5) is 10.5 Å². The monoisotopic (exact) mass is 318 g/mol. The number of nitrogens with zero attached hydrogens (tertiary/aromatic N) is 2. The lowest BCUT2D eigenvalue weighted by atomic mass is 10.0. The van der Waals surface area contributed by atoms with Crippen LogP contribution in [-0.4, -0.2) is 27.7 Å². The maximum atomic E-state index is 12.6. The van der Waals surface area contributed by atoms with Crippen LogP contribution in [0.25, 0.3) is 0 Å². The first-order chi connectivity index (χ1) is 10.6. The Kier molecular flexibility index (Phi) is 4.07. The molecule has 116 valence electrons. The number of urea groups is 1. The second-order valence-corrected chi connectivity index (χ2v) is 6.02. The number of carbonyl (C=O) groups is 1. The van der Waals surface area contributed by atoms with E-state index in [1.165, 1.54) is 0 Å². The van der Waals surface area contributed by atoms with Gasteiger partial charge in [0.25, 0.3) is 0 Å². The summed E-state index contributed by atoms with van der Waals surface area (Å²) >= 11 is 6.11. The topological polar surface area (TPSA) is 61.0 Å². The maximum Gasteiger partial charge on any atom is 0.322 e. The Labute approximate surface area is 134 Å². The number of likely N-dealkylation sites (tertiary alicyclic amines) is 1. The van der Waals surface area contributed by atoms with Crippen LogP contribution in [0, 0.1) is 13.8 Å². The Morgan fingerprint density at radius 3 is 2.86 bits per heavy atom. The van der Waals surface area contributed by atoms with Crippen molar-refractivity contribution in [2.24, 2.45) is 0 Å². The minimum atomic E-state index is -0.115. The molecule has 22 heavy (non-hydrogen) atoms. The third-order valence-corrected chi connectivity index (χ3v) is 4.48. The van der Waals surface area contributed by atoms with Crippen LogP contribution in [0.5, 0.6) is 0 Å². The number of halogens is 1. The molecule has 2 heterocycles. The van der Waals surface area contributed by atoms with E-state index in [9.17, 15) is 4.79 Å². The zero-order valence-electron chi connectivity index (χ0n) is 12.7. The van der Waals surface area contributed by atoms with Crippen molar-refractivity contribution in [3.8, 4) is 0 Å². The molecule has 1 aromatic carbocycles. The van der Waals surface area contributed by atoms with Gasteiger partial charge in [-0.3, -0.25) is 5.10 Å². The third kappa shape index (κ3) is 2.68. The number of anilines is 1. The average molecular weight is 319 g/mol. The first kappa shape index (κ1) is 14.9. The molecule has 3 rings (SSSR count). The molecule has 2 aromatic rings. The molecule has 5 nitrogen and oxygen atoms in total. The van der Waals surface area contributed by atoms with Crippen molar-refractivity contribution >= 4 is 23.3 Å². The van der Waals surface area contributed by atoms with Crippen molar-refractivity contribution in [3.05, 3.63) is 46.2 Å². The largest absolute Gasteiger partial charge is 0.322 e. The van der Waals surface area contributed by atoms with Crippen molar-refractivity contribution < 1.29 is 4.79 Å². The molecule has 0 radical (unpaired) electrons. The van der Waals surface area contributed by atoms with Crippen LogP contribution in [0.15, 0.2) is 24.3 Å². The van der Waals surface area contributed by atoms with E-state index >= 15 is 0 Å². The molecule has 2 amide bonds. The molecule has 1 atom stereocenters. The minimum Gasteiger partial charge on any atom is -0.317 e. The van der Waals surface area contributed by atoms with Crippen molar-refractivity contribution in [2.75, 3.05) is 11.9 Å². The number of carbonyl (C=O) groups excluding carboxylic acids is 1. The van der Waals surface area contributed by atoms with Gasteiger partial charge in [-0.05, 0) is 38.8 Å². The van der Waals surface area contributed by atoms with Gasteiger partial charge in [-0.25, -0.2) is 4.79 Å². The normalized spacial score (nSPS) is 17.8. The summed E-state index contributed by atoms with van der Waals surface area (Å²) in [7, 11) is 0. The minimum absolute atomic E-state index is 0.0706. The molecule has 0 aliphatic carbocycles. The second-order valence-electron chi connectivity index (χ2n) is 5.61. The van der Waals surface area contributed by atoms with Gasteiger partial charge < -0.3 is 10.2 Å². The molecule has 6 heteroatoms. The van der Waals surface area contributed by atoms with Crippen molar-refractivity contribution in [2.45, 2.75) is 32.7 Å². The maximum absolute atomic E-state index is 12.6. The van der Waals surface area contributed by atoms with Crippen LogP contribution in [0.2, 0.25) is 5.02 Å². The number of hydrogen-bond donors (Lipinski definition) is 2. The summed E-state index contributed by atoms with van der Waals surface area (Å²) in [5.74, 6) is 0. The summed E-state index contributed by atoms with van der Waals surface area (Å²) in [5, 5.41) is 10.7. The van der Waals surface area contributed by atoms with E-state index in [0.717, 1.165) is 36.3 Å². The van der Waals surface area contributed by atoms with Crippen LogP contribution in [0.3, 0.4) is 0 Å². The first-order valence-electron chi connectivity index (χ1n) is 7.41. The molecule has 0 unspecified atom stereocenters. The van der Waals surface area contributed by atoms with E-state index in [1.807, 2.05) is 30.9 Å². The Morgan fingerprint density at radius 2 is 2.18 bits per heavy atom. The highest BCUT2D eigenvalue weighted by atomic mass is 35.5. The number of benzene rings is 1. The van der Waals surface area contributed by atoms with Crippen LogP contribution in [-0.2, 0) is 0 Å². The number of rotatable bonds is 2. The molecule has 0 bridgehead atoms. The van der Waals surface area contributed by atoms with Crippen molar-refractivity contribution in [1.29, 1.82) is 0 Å². The summed E-state index contributed by atoms with van der Waals surface area (Å²) in [6.45, 7) is 4.71. The van der Waals surface area contributed by atoms with E-state index in [1.54, 1.807) is 12.1 Å². The number of aromatic amines is 1. The van der Waals surface area contributed by atoms with Gasteiger partial charge in [0.2, 0.25) is 0 Å². The van der Waals surface area contributed by atoms with E-state index in [4.69, 9.17) is 11.6 Å². The highest BCUT2D eigenvalue weighted by Crippen LogP contribution is 2.35. The van der Waals surface area contributed by atoms with Gasteiger partial charge in [0.05, 0.1) is 22.4 Å². The van der Waals surface area contributed by atoms with Gasteiger partial charge in [-0.1, -0.05) is 23.7 Å². The number of H-pyrrole nitrogens is 1. The van der Waals surface area contributed by atoms with Gasteiger partial charge in [0.15, 0.2) is 0 Å². The Hall–Kier alpha value is -2.01. The summed E-state index contributed by atoms with van der Waals surface area (Å²) in [6.07, 6.45) is 1.95. The van der Waals surface area contributed by atoms with Crippen molar-refractivity contribution in [3.63, 3.8) is 0 Å². The predicted octanol–water partition coefficient (Wildman–Crippen LogP) is 4.05. The third-order valence-electron chi connectivity index (χ3n) is 4.15. The van der Waals surface area contributed by atoms with Gasteiger partial charge in [-0.15, -0.1) is 0 Å². The first-order valence-corrected chi connectivity index (χ1v) is 7.79.